The molecule has 4 heteroatoms. The second-order valence-electron chi connectivity index (χ2n) is 7.05. The first kappa shape index (κ1) is 19.5. The summed E-state index contributed by atoms with van der Waals surface area (Å²) >= 11 is 0. The van der Waals surface area contributed by atoms with Gasteiger partial charge in [-0.05, 0) is 45.2 Å². The molecule has 130 valence electrons. The summed E-state index contributed by atoms with van der Waals surface area (Å²) in [5.74, 6) is 0. The number of alkyl carbamates (subject to hydrolysis) is 1. The molecule has 0 saturated carbocycles. The van der Waals surface area contributed by atoms with Crippen molar-refractivity contribution in [2.75, 3.05) is 0 Å². The van der Waals surface area contributed by atoms with Crippen molar-refractivity contribution in [3.05, 3.63) is 35.4 Å². The predicted octanol–water partition coefficient (Wildman–Crippen LogP) is 4.38. The molecule has 2 N–H and O–H groups in total. The second-order valence-corrected chi connectivity index (χ2v) is 7.05. The Labute approximate surface area is 141 Å². The predicted molar refractivity (Wildman–Crippen MR) is 95.3 cm³/mol. The smallest absolute Gasteiger partial charge is 0.407 e. The molecule has 0 aliphatic rings. The fraction of sp³-hybridized carbons (Fsp3) is 0.632. The molecule has 1 aromatic rings. The summed E-state index contributed by atoms with van der Waals surface area (Å²) in [6.45, 7) is 11.3. The summed E-state index contributed by atoms with van der Waals surface area (Å²) in [6.07, 6.45) is 3.28. The Balaban J connectivity index is 2.52. The fourth-order valence-electron chi connectivity index (χ4n) is 2.28. The van der Waals surface area contributed by atoms with Crippen LogP contribution in [0.4, 0.5) is 4.79 Å². The number of amides is 1. The van der Waals surface area contributed by atoms with Crippen LogP contribution in [0.15, 0.2) is 24.3 Å². The normalized spacial score (nSPS) is 12.7. The molecule has 4 nitrogen and oxygen atoms in total. The summed E-state index contributed by atoms with van der Waals surface area (Å²) in [4.78, 5) is 11.8. The average Bonchev–Trinajstić information content (AvgIpc) is 2.48. The van der Waals surface area contributed by atoms with Gasteiger partial charge >= 0.3 is 6.09 Å². The lowest BCUT2D eigenvalue weighted by Gasteiger charge is -2.20. The van der Waals surface area contributed by atoms with Gasteiger partial charge in [-0.1, -0.05) is 44.0 Å². The van der Waals surface area contributed by atoms with Crippen LogP contribution in [-0.2, 0) is 17.8 Å². The van der Waals surface area contributed by atoms with Crippen LogP contribution in [0, 0.1) is 0 Å². The Morgan fingerprint density at radius 1 is 1.17 bits per heavy atom. The minimum Gasteiger partial charge on any atom is -0.444 e. The molecule has 1 rings (SSSR count). The SMILES string of the molecule is CCCCC(C)NCc1ccccc1CNC(=O)OC(C)(C)C. The van der Waals surface area contributed by atoms with Crippen LogP contribution in [0.5, 0.6) is 0 Å². The minimum absolute atomic E-state index is 0.378. The second kappa shape index (κ2) is 9.56. The van der Waals surface area contributed by atoms with Gasteiger partial charge in [0.25, 0.3) is 0 Å². The van der Waals surface area contributed by atoms with Crippen LogP contribution < -0.4 is 10.6 Å². The van der Waals surface area contributed by atoms with Crippen molar-refractivity contribution in [3.8, 4) is 0 Å². The maximum absolute atomic E-state index is 11.8. The summed E-state index contributed by atoms with van der Waals surface area (Å²) in [5.41, 5.74) is 1.86. The highest BCUT2D eigenvalue weighted by Crippen LogP contribution is 2.11. The Kier molecular flexibility index (Phi) is 8.10. The van der Waals surface area contributed by atoms with Gasteiger partial charge in [0.1, 0.15) is 5.60 Å². The Bertz CT molecular complexity index is 481. The van der Waals surface area contributed by atoms with Gasteiger partial charge in [-0.3, -0.25) is 0 Å². The first-order chi connectivity index (χ1) is 10.8. The largest absolute Gasteiger partial charge is 0.444 e. The number of unbranched alkanes of at least 4 members (excludes halogenated alkanes) is 1. The molecule has 0 spiro atoms. The first-order valence-electron chi connectivity index (χ1n) is 8.59. The van der Waals surface area contributed by atoms with Gasteiger partial charge in [0, 0.05) is 19.1 Å². The maximum atomic E-state index is 11.8. The highest BCUT2D eigenvalue weighted by molar-refractivity contribution is 5.67. The Morgan fingerprint density at radius 2 is 1.78 bits per heavy atom. The highest BCUT2D eigenvalue weighted by Gasteiger charge is 2.16. The zero-order valence-corrected chi connectivity index (χ0v) is 15.2. The number of hydrogen-bond donors (Lipinski definition) is 2. The number of benzene rings is 1. The third-order valence-electron chi connectivity index (χ3n) is 3.57. The van der Waals surface area contributed by atoms with Crippen LogP contribution in [0.25, 0.3) is 0 Å². The molecule has 1 atom stereocenters. The van der Waals surface area contributed by atoms with Crippen molar-refractivity contribution in [2.24, 2.45) is 0 Å². The summed E-state index contributed by atoms with van der Waals surface area (Å²) in [6, 6.07) is 8.68. The van der Waals surface area contributed by atoms with Crippen molar-refractivity contribution in [1.82, 2.24) is 10.6 Å². The molecular formula is C19H32N2O2. The minimum atomic E-state index is -0.472. The van der Waals surface area contributed by atoms with Crippen LogP contribution in [0.2, 0.25) is 0 Å². The van der Waals surface area contributed by atoms with Gasteiger partial charge in [-0.25, -0.2) is 4.79 Å². The van der Waals surface area contributed by atoms with Crippen molar-refractivity contribution in [2.45, 2.75) is 78.6 Å². The van der Waals surface area contributed by atoms with E-state index < -0.39 is 5.60 Å². The third-order valence-corrected chi connectivity index (χ3v) is 3.57. The summed E-state index contributed by atoms with van der Waals surface area (Å²) in [7, 11) is 0. The van der Waals surface area contributed by atoms with E-state index in [-0.39, 0.29) is 6.09 Å². The lowest BCUT2D eigenvalue weighted by molar-refractivity contribution is 0.0523. The molecule has 0 saturated heterocycles. The molecule has 1 amide bonds. The molecule has 0 aliphatic heterocycles. The summed E-state index contributed by atoms with van der Waals surface area (Å²) in [5, 5.41) is 6.38. The van der Waals surface area contributed by atoms with Crippen molar-refractivity contribution in [1.29, 1.82) is 0 Å². The van der Waals surface area contributed by atoms with Crippen molar-refractivity contribution >= 4 is 6.09 Å². The summed E-state index contributed by atoms with van der Waals surface area (Å²) < 4.78 is 5.28. The van der Waals surface area contributed by atoms with E-state index in [0.29, 0.717) is 12.6 Å². The van der Waals surface area contributed by atoms with Crippen LogP contribution >= 0.6 is 0 Å². The Morgan fingerprint density at radius 3 is 2.35 bits per heavy atom. The van der Waals surface area contributed by atoms with Gasteiger partial charge in [0.05, 0.1) is 0 Å². The molecule has 23 heavy (non-hydrogen) atoms. The van der Waals surface area contributed by atoms with E-state index in [1.807, 2.05) is 39.0 Å². The molecule has 0 heterocycles. The van der Waals surface area contributed by atoms with Crippen molar-refractivity contribution < 1.29 is 9.53 Å². The van der Waals surface area contributed by atoms with Crippen LogP contribution in [0.3, 0.4) is 0 Å². The van der Waals surface area contributed by atoms with Gasteiger partial charge in [0.2, 0.25) is 0 Å². The molecule has 0 aromatic heterocycles. The van der Waals surface area contributed by atoms with E-state index in [0.717, 1.165) is 12.1 Å². The maximum Gasteiger partial charge on any atom is 0.407 e. The van der Waals surface area contributed by atoms with E-state index in [1.165, 1.54) is 24.8 Å². The van der Waals surface area contributed by atoms with E-state index in [9.17, 15) is 4.79 Å². The lowest BCUT2D eigenvalue weighted by atomic mass is 10.1. The number of hydrogen-bond acceptors (Lipinski definition) is 3. The van der Waals surface area contributed by atoms with Gasteiger partial charge in [-0.2, -0.15) is 0 Å². The van der Waals surface area contributed by atoms with Crippen LogP contribution in [-0.4, -0.2) is 17.7 Å². The van der Waals surface area contributed by atoms with E-state index >= 15 is 0 Å². The van der Waals surface area contributed by atoms with E-state index in [1.54, 1.807) is 0 Å². The average molecular weight is 320 g/mol. The number of carbonyl (C=O) groups is 1. The number of carbonyl (C=O) groups excluding carboxylic acids is 1. The van der Waals surface area contributed by atoms with Gasteiger partial charge < -0.3 is 15.4 Å². The quantitative estimate of drug-likeness (QED) is 0.747. The van der Waals surface area contributed by atoms with Gasteiger partial charge in [0.15, 0.2) is 0 Å². The fourth-order valence-corrected chi connectivity index (χ4v) is 2.28. The molecule has 0 fully saturated rings. The molecule has 1 unspecified atom stereocenters. The van der Waals surface area contributed by atoms with Crippen LogP contribution in [0.1, 0.15) is 65.0 Å². The lowest BCUT2D eigenvalue weighted by Crippen LogP contribution is -2.32. The zero-order valence-electron chi connectivity index (χ0n) is 15.2. The molecule has 0 radical (unpaired) electrons. The first-order valence-corrected chi connectivity index (χ1v) is 8.59. The monoisotopic (exact) mass is 320 g/mol. The topological polar surface area (TPSA) is 50.4 Å². The van der Waals surface area contributed by atoms with Gasteiger partial charge in [-0.15, -0.1) is 0 Å². The standard InChI is InChI=1S/C19H32N2O2/c1-6-7-10-15(2)20-13-16-11-8-9-12-17(16)14-21-18(22)23-19(3,4)5/h8-9,11-12,15,20H,6-7,10,13-14H2,1-5H3,(H,21,22). The van der Waals surface area contributed by atoms with Crippen molar-refractivity contribution in [3.63, 3.8) is 0 Å². The highest BCUT2D eigenvalue weighted by atomic mass is 16.6. The Hall–Kier alpha value is -1.55. The number of nitrogens with one attached hydrogen (secondary N) is 2. The van der Waals surface area contributed by atoms with E-state index in [2.05, 4.69) is 30.5 Å². The zero-order chi connectivity index (χ0) is 17.3. The molecule has 1 aromatic carbocycles. The molecule has 0 aliphatic carbocycles. The van der Waals surface area contributed by atoms with E-state index in [4.69, 9.17) is 4.74 Å². The number of rotatable bonds is 8. The molecule has 0 bridgehead atoms. The number of ether oxygens (including phenoxy) is 1. The third kappa shape index (κ3) is 8.60. The molecular weight excluding hydrogens is 288 g/mol.